The van der Waals surface area contributed by atoms with E-state index in [0.29, 0.717) is 0 Å². The standard InChI is InChI=1S/C7H4N2O/c1-2-10-6-3-8-5-4-9(1)7(5)6/h1-4H. The molecule has 0 aromatic rings. The summed E-state index contributed by atoms with van der Waals surface area (Å²) in [5, 5.41) is 0. The monoisotopic (exact) mass is 132 g/mol. The summed E-state index contributed by atoms with van der Waals surface area (Å²) in [6.45, 7) is 0. The zero-order chi connectivity index (χ0) is 6.55. The van der Waals surface area contributed by atoms with Gasteiger partial charge in [0.05, 0.1) is 6.21 Å². The Bertz CT molecular complexity index is 383. The average molecular weight is 132 g/mol. The third-order valence-electron chi connectivity index (χ3n) is 1.73. The van der Waals surface area contributed by atoms with E-state index in [2.05, 4.69) is 4.99 Å². The number of hydrogen-bond donors (Lipinski definition) is 0. The lowest BCUT2D eigenvalue weighted by Crippen LogP contribution is -2.01. The first kappa shape index (κ1) is 4.33. The summed E-state index contributed by atoms with van der Waals surface area (Å²) in [5.74, 6) is 0.861. The third-order valence-corrected chi connectivity index (χ3v) is 1.73. The van der Waals surface area contributed by atoms with Gasteiger partial charge >= 0.3 is 0 Å². The molecule has 0 saturated carbocycles. The second-order valence-corrected chi connectivity index (χ2v) is 2.30. The summed E-state index contributed by atoms with van der Waals surface area (Å²) in [6.07, 6.45) is 7.24. The highest BCUT2D eigenvalue weighted by Crippen LogP contribution is 2.36. The van der Waals surface area contributed by atoms with Gasteiger partial charge in [-0.2, -0.15) is 0 Å². The molecule has 3 heterocycles. The van der Waals surface area contributed by atoms with Gasteiger partial charge in [0.2, 0.25) is 0 Å². The molecule has 0 N–H and O–H groups in total. The lowest BCUT2D eigenvalue weighted by atomic mass is 10.3. The molecule has 10 heavy (non-hydrogen) atoms. The largest absolute Gasteiger partial charge is 0.460 e. The summed E-state index contributed by atoms with van der Waals surface area (Å²) in [5.41, 5.74) is 2.13. The topological polar surface area (TPSA) is 30.4 Å². The van der Waals surface area contributed by atoms with E-state index in [1.54, 1.807) is 12.5 Å². The molecule has 48 valence electrons. The zero-order valence-corrected chi connectivity index (χ0v) is 5.11. The van der Waals surface area contributed by atoms with Crippen molar-refractivity contribution in [3.05, 3.63) is 24.4 Å². The quantitative estimate of drug-likeness (QED) is 0.456. The number of hydrogen-bond acceptors (Lipinski definition) is 2. The van der Waals surface area contributed by atoms with Crippen LogP contribution in [-0.4, -0.2) is 10.8 Å². The Kier molecular flexibility index (Phi) is 0.502. The van der Waals surface area contributed by atoms with Gasteiger partial charge in [0.25, 0.3) is 0 Å². The van der Waals surface area contributed by atoms with Crippen LogP contribution in [0.3, 0.4) is 0 Å². The van der Waals surface area contributed by atoms with Crippen molar-refractivity contribution in [1.29, 1.82) is 0 Å². The van der Waals surface area contributed by atoms with Gasteiger partial charge in [-0.05, 0) is 0 Å². The Balaban J connectivity index is 2.57. The molecule has 3 aliphatic heterocycles. The maximum atomic E-state index is 5.17. The molecule has 0 amide bonds. The molecule has 0 unspecified atom stereocenters. The van der Waals surface area contributed by atoms with Gasteiger partial charge < -0.3 is 8.98 Å². The lowest BCUT2D eigenvalue weighted by molar-refractivity contribution is 0.528. The van der Waals surface area contributed by atoms with Crippen LogP contribution < -0.4 is 0 Å². The summed E-state index contributed by atoms with van der Waals surface area (Å²) < 4.78 is 7.17. The molecule has 0 radical (unpaired) electrons. The first-order valence-electron chi connectivity index (χ1n) is 3.07. The van der Waals surface area contributed by atoms with E-state index >= 15 is 0 Å². The highest BCUT2D eigenvalue weighted by Gasteiger charge is 2.21. The van der Waals surface area contributed by atoms with Crippen LogP contribution >= 0.6 is 0 Å². The Morgan fingerprint density at radius 1 is 1.50 bits per heavy atom. The van der Waals surface area contributed by atoms with E-state index in [0.717, 1.165) is 17.1 Å². The van der Waals surface area contributed by atoms with Crippen molar-refractivity contribution in [2.75, 3.05) is 0 Å². The zero-order valence-electron chi connectivity index (χ0n) is 5.11. The molecule has 3 aliphatic rings. The van der Waals surface area contributed by atoms with Crippen molar-refractivity contribution in [1.82, 2.24) is 4.57 Å². The number of nitrogens with zero attached hydrogens (tertiary/aromatic N) is 2. The Morgan fingerprint density at radius 3 is 3.40 bits per heavy atom. The first-order chi connectivity index (χ1) is 4.95. The number of rotatable bonds is 0. The van der Waals surface area contributed by atoms with Crippen molar-refractivity contribution in [2.45, 2.75) is 0 Å². The van der Waals surface area contributed by atoms with E-state index in [1.165, 1.54) is 0 Å². The molecule has 0 saturated heterocycles. The predicted molar refractivity (Wildman–Crippen MR) is 36.5 cm³/mol. The molecule has 0 bridgehead atoms. The lowest BCUT2D eigenvalue weighted by Gasteiger charge is -2.13. The minimum atomic E-state index is 0.861. The van der Waals surface area contributed by atoms with Gasteiger partial charge in [0.15, 0.2) is 5.76 Å². The molecule has 0 aliphatic carbocycles. The van der Waals surface area contributed by atoms with Gasteiger partial charge in [-0.15, -0.1) is 0 Å². The van der Waals surface area contributed by atoms with Crippen molar-refractivity contribution >= 4 is 11.9 Å². The van der Waals surface area contributed by atoms with Crippen LogP contribution in [0.4, 0.5) is 5.69 Å². The molecule has 0 fully saturated rings. The van der Waals surface area contributed by atoms with Crippen LogP contribution in [0.5, 0.6) is 0 Å². The number of aromatic nitrogens is 1. The van der Waals surface area contributed by atoms with Gasteiger partial charge in [-0.3, -0.25) is 0 Å². The van der Waals surface area contributed by atoms with Crippen molar-refractivity contribution in [3.63, 3.8) is 0 Å². The van der Waals surface area contributed by atoms with E-state index in [-0.39, 0.29) is 0 Å². The molecular formula is C7H4N2O. The van der Waals surface area contributed by atoms with Crippen LogP contribution in [0.25, 0.3) is 5.69 Å². The van der Waals surface area contributed by atoms with Crippen LogP contribution in [0.15, 0.2) is 28.1 Å². The smallest absolute Gasteiger partial charge is 0.171 e. The normalized spacial score (nSPS) is 13.6. The third kappa shape index (κ3) is 0.301. The summed E-state index contributed by atoms with van der Waals surface area (Å²) in [4.78, 5) is 4.10. The van der Waals surface area contributed by atoms with Gasteiger partial charge in [-0.25, -0.2) is 4.99 Å². The summed E-state index contributed by atoms with van der Waals surface area (Å²) in [6, 6.07) is 0. The van der Waals surface area contributed by atoms with Crippen LogP contribution in [0, 0.1) is 0 Å². The van der Waals surface area contributed by atoms with Gasteiger partial charge in [0, 0.05) is 12.4 Å². The van der Waals surface area contributed by atoms with E-state index in [1.807, 2.05) is 17.0 Å². The molecular weight excluding hydrogens is 128 g/mol. The van der Waals surface area contributed by atoms with E-state index < -0.39 is 0 Å². The molecule has 3 heteroatoms. The van der Waals surface area contributed by atoms with E-state index in [9.17, 15) is 0 Å². The second-order valence-electron chi connectivity index (χ2n) is 2.30. The number of aliphatic imine (C=N–C) groups is 1. The Labute approximate surface area is 56.9 Å². The highest BCUT2D eigenvalue weighted by molar-refractivity contribution is 5.94. The molecule has 0 spiro atoms. The Hall–Kier alpha value is -1.51. The summed E-state index contributed by atoms with van der Waals surface area (Å²) in [7, 11) is 0. The minimum absolute atomic E-state index is 0.861. The fourth-order valence-corrected chi connectivity index (χ4v) is 1.23. The van der Waals surface area contributed by atoms with Crippen LogP contribution in [0.2, 0.25) is 0 Å². The highest BCUT2D eigenvalue weighted by atomic mass is 16.3. The molecule has 0 aromatic carbocycles. The molecule has 3 nitrogen and oxygen atoms in total. The first-order valence-corrected chi connectivity index (χ1v) is 3.07. The van der Waals surface area contributed by atoms with Crippen molar-refractivity contribution < 1.29 is 4.42 Å². The summed E-state index contributed by atoms with van der Waals surface area (Å²) >= 11 is 0. The molecule has 0 atom stereocenters. The second kappa shape index (κ2) is 1.16. The SMILES string of the molecule is C1=Nc2cn3ccoc1c2-3. The van der Waals surface area contributed by atoms with Crippen LogP contribution in [-0.2, 0) is 0 Å². The minimum Gasteiger partial charge on any atom is -0.460 e. The maximum absolute atomic E-state index is 5.17. The molecule has 3 rings (SSSR count). The fraction of sp³-hybridized carbons (Fsp3) is 0. The molecule has 0 aromatic heterocycles. The van der Waals surface area contributed by atoms with E-state index in [4.69, 9.17) is 4.42 Å². The van der Waals surface area contributed by atoms with Gasteiger partial charge in [-0.1, -0.05) is 0 Å². The van der Waals surface area contributed by atoms with Crippen molar-refractivity contribution in [3.8, 4) is 5.69 Å². The van der Waals surface area contributed by atoms with Crippen molar-refractivity contribution in [2.24, 2.45) is 4.99 Å². The predicted octanol–water partition coefficient (Wildman–Crippen LogP) is 1.57. The fourth-order valence-electron chi connectivity index (χ4n) is 1.23. The Morgan fingerprint density at radius 2 is 2.50 bits per heavy atom. The maximum Gasteiger partial charge on any atom is 0.171 e. The van der Waals surface area contributed by atoms with Crippen LogP contribution in [0.1, 0.15) is 5.76 Å². The average Bonchev–Trinajstić information content (AvgIpc) is 2.25. The van der Waals surface area contributed by atoms with Gasteiger partial charge in [0.1, 0.15) is 17.6 Å².